The van der Waals surface area contributed by atoms with Gasteiger partial charge >= 0.3 is 0 Å². The van der Waals surface area contributed by atoms with Crippen LogP contribution in [0.1, 0.15) is 36.3 Å². The summed E-state index contributed by atoms with van der Waals surface area (Å²) in [4.78, 5) is 29.4. The van der Waals surface area contributed by atoms with Crippen molar-refractivity contribution in [2.75, 3.05) is 32.0 Å². The van der Waals surface area contributed by atoms with Crippen LogP contribution in [-0.2, 0) is 22.7 Å². The highest BCUT2D eigenvalue weighted by atomic mass is 16.5. The minimum absolute atomic E-state index is 0.0120. The minimum Gasteiger partial charge on any atom is -0.379 e. The second kappa shape index (κ2) is 8.47. The molecule has 1 aromatic carbocycles. The number of aromatic nitrogens is 1. The summed E-state index contributed by atoms with van der Waals surface area (Å²) in [5.74, 6) is 0.605. The molecule has 2 aliphatic heterocycles. The second-order valence-electron chi connectivity index (χ2n) is 8.42. The quantitative estimate of drug-likeness (QED) is 0.799. The van der Waals surface area contributed by atoms with Crippen molar-refractivity contribution in [2.24, 2.45) is 0 Å². The Morgan fingerprint density at radius 2 is 2.07 bits per heavy atom. The zero-order valence-electron chi connectivity index (χ0n) is 17.6. The number of hydrogen-bond acceptors (Lipinski definition) is 6. The molecule has 8 heteroatoms. The molecule has 0 unspecified atom stereocenters. The molecule has 2 aromatic rings. The van der Waals surface area contributed by atoms with Crippen molar-refractivity contribution in [2.45, 2.75) is 44.8 Å². The van der Waals surface area contributed by atoms with Gasteiger partial charge in [-0.15, -0.1) is 0 Å². The van der Waals surface area contributed by atoms with E-state index in [0.717, 1.165) is 37.2 Å². The van der Waals surface area contributed by atoms with Crippen LogP contribution in [0.3, 0.4) is 0 Å². The Hall–Kier alpha value is -2.87. The Labute approximate surface area is 176 Å². The number of piperidine rings is 1. The van der Waals surface area contributed by atoms with Crippen LogP contribution >= 0.6 is 0 Å². The molecule has 1 fully saturated rings. The first kappa shape index (κ1) is 20.4. The molecule has 0 radical (unpaired) electrons. The predicted octanol–water partition coefficient (Wildman–Crippen LogP) is 1.91. The Morgan fingerprint density at radius 3 is 2.80 bits per heavy atom. The second-order valence-corrected chi connectivity index (χ2v) is 8.42. The van der Waals surface area contributed by atoms with Gasteiger partial charge in [0.15, 0.2) is 0 Å². The third-order valence-corrected chi connectivity index (χ3v) is 6.01. The number of aryl methyl sites for hydroxylation is 1. The van der Waals surface area contributed by atoms with Crippen molar-refractivity contribution in [3.8, 4) is 0 Å². The Morgan fingerprint density at radius 1 is 1.30 bits per heavy atom. The first-order chi connectivity index (χ1) is 14.4. The molecular formula is C22H29N5O3. The van der Waals surface area contributed by atoms with Crippen LogP contribution < -0.4 is 10.6 Å². The first-order valence-corrected chi connectivity index (χ1v) is 10.4. The van der Waals surface area contributed by atoms with Gasteiger partial charge in [0.05, 0.1) is 6.54 Å². The highest BCUT2D eigenvalue weighted by Gasteiger charge is 2.38. The van der Waals surface area contributed by atoms with Crippen LogP contribution in [0.4, 0.5) is 5.69 Å². The zero-order chi connectivity index (χ0) is 21.1. The third-order valence-electron chi connectivity index (χ3n) is 6.01. The average molecular weight is 412 g/mol. The van der Waals surface area contributed by atoms with Crippen LogP contribution in [0.15, 0.2) is 34.9 Å². The number of nitrogens with one attached hydrogen (secondary N) is 2. The number of benzene rings is 1. The van der Waals surface area contributed by atoms with Gasteiger partial charge in [0.2, 0.25) is 11.8 Å². The molecule has 0 aliphatic carbocycles. The van der Waals surface area contributed by atoms with Crippen LogP contribution in [0.5, 0.6) is 0 Å². The molecular weight excluding hydrogens is 382 g/mol. The predicted molar refractivity (Wildman–Crippen MR) is 113 cm³/mol. The highest BCUT2D eigenvalue weighted by Crippen LogP contribution is 2.33. The average Bonchev–Trinajstić information content (AvgIpc) is 3.13. The number of carbonyl (C=O) groups excluding carboxylic acids is 2. The van der Waals surface area contributed by atoms with E-state index >= 15 is 0 Å². The molecule has 160 valence electrons. The standard InChI is InChI=1S/C22H29N5O3/c1-16-11-18(25-30-16)14-26(2)21(29)15-27-13-17-5-3-4-6-19(17)24-22(12-20(27)28)7-9-23-10-8-22/h3-6,11,23-24H,7-10,12-15H2,1-2H3. The molecule has 1 spiro atoms. The molecule has 0 saturated carbocycles. The summed E-state index contributed by atoms with van der Waals surface area (Å²) in [5.41, 5.74) is 2.51. The molecule has 0 atom stereocenters. The molecule has 0 bridgehead atoms. The van der Waals surface area contributed by atoms with E-state index < -0.39 is 0 Å². The van der Waals surface area contributed by atoms with E-state index in [-0.39, 0.29) is 23.9 Å². The lowest BCUT2D eigenvalue weighted by molar-refractivity contribution is -0.141. The normalized spacial score (nSPS) is 18.3. The molecule has 1 saturated heterocycles. The van der Waals surface area contributed by atoms with Crippen molar-refractivity contribution in [3.63, 3.8) is 0 Å². The number of likely N-dealkylation sites (N-methyl/N-ethyl adjacent to an activating group) is 1. The number of fused-ring (bicyclic) bond motifs is 1. The summed E-state index contributed by atoms with van der Waals surface area (Å²) in [6.45, 7) is 4.39. The number of hydrogen-bond donors (Lipinski definition) is 2. The number of para-hydroxylation sites is 1. The van der Waals surface area contributed by atoms with E-state index in [1.54, 1.807) is 16.8 Å². The molecule has 4 rings (SSSR count). The van der Waals surface area contributed by atoms with Crippen molar-refractivity contribution in [1.82, 2.24) is 20.3 Å². The van der Waals surface area contributed by atoms with Crippen LogP contribution in [0.25, 0.3) is 0 Å². The topological polar surface area (TPSA) is 90.7 Å². The maximum absolute atomic E-state index is 13.2. The van der Waals surface area contributed by atoms with Gasteiger partial charge in [-0.3, -0.25) is 9.59 Å². The maximum atomic E-state index is 13.2. The Bertz CT molecular complexity index is 919. The van der Waals surface area contributed by atoms with Gasteiger partial charge < -0.3 is 25.0 Å². The van der Waals surface area contributed by atoms with E-state index in [4.69, 9.17) is 4.52 Å². The van der Waals surface area contributed by atoms with Crippen molar-refractivity contribution in [1.29, 1.82) is 0 Å². The number of carbonyl (C=O) groups is 2. The SMILES string of the molecule is Cc1cc(CN(C)C(=O)CN2Cc3ccccc3NC3(CCNCC3)CC2=O)no1. The van der Waals surface area contributed by atoms with Gasteiger partial charge in [0.1, 0.15) is 18.0 Å². The molecule has 30 heavy (non-hydrogen) atoms. The lowest BCUT2D eigenvalue weighted by atomic mass is 9.83. The van der Waals surface area contributed by atoms with Crippen molar-refractivity contribution in [3.05, 3.63) is 47.3 Å². The number of anilines is 1. The van der Waals surface area contributed by atoms with E-state index in [2.05, 4.69) is 21.9 Å². The van der Waals surface area contributed by atoms with Crippen LogP contribution in [0, 0.1) is 6.92 Å². The van der Waals surface area contributed by atoms with Gasteiger partial charge in [0, 0.05) is 37.3 Å². The van der Waals surface area contributed by atoms with Crippen LogP contribution in [-0.4, -0.2) is 59.0 Å². The highest BCUT2D eigenvalue weighted by molar-refractivity contribution is 5.86. The first-order valence-electron chi connectivity index (χ1n) is 10.4. The molecule has 8 nitrogen and oxygen atoms in total. The maximum Gasteiger partial charge on any atom is 0.242 e. The largest absolute Gasteiger partial charge is 0.379 e. The lowest BCUT2D eigenvalue weighted by Gasteiger charge is -2.42. The molecule has 1 aromatic heterocycles. The Kier molecular flexibility index (Phi) is 5.76. The van der Waals surface area contributed by atoms with E-state index in [1.807, 2.05) is 31.2 Å². The fourth-order valence-corrected chi connectivity index (χ4v) is 4.26. The van der Waals surface area contributed by atoms with E-state index in [9.17, 15) is 9.59 Å². The molecule has 2 aliphatic rings. The van der Waals surface area contributed by atoms with Gasteiger partial charge in [-0.25, -0.2) is 0 Å². The summed E-state index contributed by atoms with van der Waals surface area (Å²) < 4.78 is 5.08. The van der Waals surface area contributed by atoms with E-state index in [0.29, 0.717) is 31.0 Å². The molecule has 2 N–H and O–H groups in total. The fourth-order valence-electron chi connectivity index (χ4n) is 4.26. The van der Waals surface area contributed by atoms with Crippen molar-refractivity contribution >= 4 is 17.5 Å². The minimum atomic E-state index is -0.274. The van der Waals surface area contributed by atoms with Gasteiger partial charge in [-0.05, 0) is 44.5 Å². The smallest absolute Gasteiger partial charge is 0.242 e. The van der Waals surface area contributed by atoms with Gasteiger partial charge in [-0.2, -0.15) is 0 Å². The number of amides is 2. The lowest BCUT2D eigenvalue weighted by Crippen LogP contribution is -2.53. The zero-order valence-corrected chi connectivity index (χ0v) is 17.6. The monoisotopic (exact) mass is 411 g/mol. The summed E-state index contributed by atoms with van der Waals surface area (Å²) in [7, 11) is 1.73. The summed E-state index contributed by atoms with van der Waals surface area (Å²) in [5, 5.41) is 11.0. The van der Waals surface area contributed by atoms with Crippen LogP contribution in [0.2, 0.25) is 0 Å². The molecule has 3 heterocycles. The number of nitrogens with zero attached hydrogens (tertiary/aromatic N) is 3. The summed E-state index contributed by atoms with van der Waals surface area (Å²) in [6.07, 6.45) is 2.14. The fraction of sp³-hybridized carbons (Fsp3) is 0.500. The Balaban J connectivity index is 1.52. The summed E-state index contributed by atoms with van der Waals surface area (Å²) in [6, 6.07) is 9.88. The summed E-state index contributed by atoms with van der Waals surface area (Å²) >= 11 is 0. The van der Waals surface area contributed by atoms with Gasteiger partial charge in [0.25, 0.3) is 0 Å². The van der Waals surface area contributed by atoms with E-state index in [1.165, 1.54) is 0 Å². The number of rotatable bonds is 4. The van der Waals surface area contributed by atoms with Crippen molar-refractivity contribution < 1.29 is 14.1 Å². The molecule has 2 amide bonds. The van der Waals surface area contributed by atoms with Gasteiger partial charge in [-0.1, -0.05) is 23.4 Å². The third kappa shape index (κ3) is 4.48.